The van der Waals surface area contributed by atoms with Crippen molar-refractivity contribution in [3.8, 4) is 6.07 Å². The fourth-order valence-corrected chi connectivity index (χ4v) is 3.17. The predicted octanol–water partition coefficient (Wildman–Crippen LogP) is 3.06. The van der Waals surface area contributed by atoms with E-state index in [9.17, 15) is 5.26 Å². The van der Waals surface area contributed by atoms with Crippen molar-refractivity contribution in [2.45, 2.75) is 64.8 Å². The van der Waals surface area contributed by atoms with Crippen molar-refractivity contribution in [3.63, 3.8) is 0 Å². The molecule has 2 unspecified atom stereocenters. The van der Waals surface area contributed by atoms with Crippen molar-refractivity contribution in [2.75, 3.05) is 0 Å². The van der Waals surface area contributed by atoms with Gasteiger partial charge in [0.05, 0.1) is 6.07 Å². The summed E-state index contributed by atoms with van der Waals surface area (Å²) < 4.78 is 0. The predicted molar refractivity (Wildman–Crippen MR) is 82.1 cm³/mol. The zero-order valence-electron chi connectivity index (χ0n) is 13.0. The molecule has 0 amide bonds. The Balaban J connectivity index is 2.00. The number of fused-ring (bicyclic) bond motifs is 1. The van der Waals surface area contributed by atoms with Gasteiger partial charge in [0.15, 0.2) is 0 Å². The maximum absolute atomic E-state index is 9.47. The Hall–Kier alpha value is -1.37. The fraction of sp³-hybridized carbons (Fsp3) is 0.588. The lowest BCUT2D eigenvalue weighted by molar-refractivity contribution is 0.174. The van der Waals surface area contributed by atoms with E-state index >= 15 is 0 Å². The average Bonchev–Trinajstić information content (AvgIpc) is 2.81. The van der Waals surface area contributed by atoms with Crippen molar-refractivity contribution in [3.05, 3.63) is 35.4 Å². The van der Waals surface area contributed by atoms with E-state index in [1.165, 1.54) is 11.1 Å². The molecule has 1 N–H and O–H groups in total. The van der Waals surface area contributed by atoms with E-state index < -0.39 is 5.54 Å². The highest BCUT2D eigenvalue weighted by Gasteiger charge is 2.31. The van der Waals surface area contributed by atoms with E-state index in [0.717, 1.165) is 19.5 Å². The van der Waals surface area contributed by atoms with Gasteiger partial charge in [-0.05, 0) is 45.2 Å². The number of nitrogens with zero attached hydrogens (tertiary/aromatic N) is 2. The summed E-state index contributed by atoms with van der Waals surface area (Å²) in [6, 6.07) is 11.8. The summed E-state index contributed by atoms with van der Waals surface area (Å²) in [7, 11) is 0. The number of benzene rings is 1. The zero-order valence-corrected chi connectivity index (χ0v) is 13.0. The summed E-state index contributed by atoms with van der Waals surface area (Å²) >= 11 is 0. The molecule has 2 atom stereocenters. The second-order valence-corrected chi connectivity index (χ2v) is 6.47. The van der Waals surface area contributed by atoms with Crippen LogP contribution < -0.4 is 5.32 Å². The van der Waals surface area contributed by atoms with Crippen molar-refractivity contribution < 1.29 is 0 Å². The summed E-state index contributed by atoms with van der Waals surface area (Å²) in [5, 5.41) is 12.9. The first-order chi connectivity index (χ1) is 9.43. The fourth-order valence-electron chi connectivity index (χ4n) is 3.17. The van der Waals surface area contributed by atoms with Gasteiger partial charge in [0.1, 0.15) is 5.54 Å². The molecule has 0 fully saturated rings. The summed E-state index contributed by atoms with van der Waals surface area (Å²) in [6.45, 7) is 10.4. The first-order valence-electron chi connectivity index (χ1n) is 7.43. The molecule has 108 valence electrons. The van der Waals surface area contributed by atoms with Gasteiger partial charge in [0.2, 0.25) is 0 Å². The highest BCUT2D eigenvalue weighted by molar-refractivity contribution is 5.30. The molecular formula is C17H25N3. The highest BCUT2D eigenvalue weighted by atomic mass is 15.2. The molecule has 3 nitrogen and oxygen atoms in total. The Bertz CT molecular complexity index is 478. The molecule has 0 radical (unpaired) electrons. The van der Waals surface area contributed by atoms with Crippen LogP contribution in [0.5, 0.6) is 0 Å². The van der Waals surface area contributed by atoms with Gasteiger partial charge >= 0.3 is 0 Å². The Labute approximate surface area is 122 Å². The standard InChI is InChI=1S/C17H25N3/c1-13(2)19-17(4,12-18)9-14(3)20-10-15-7-5-6-8-16(15)11-20/h5-8,13-14,19H,9-11H2,1-4H3. The van der Waals surface area contributed by atoms with Gasteiger partial charge in [-0.3, -0.25) is 10.2 Å². The Morgan fingerprint density at radius 3 is 2.25 bits per heavy atom. The van der Waals surface area contributed by atoms with E-state index in [1.807, 2.05) is 6.92 Å². The van der Waals surface area contributed by atoms with Crippen LogP contribution in [0.3, 0.4) is 0 Å². The molecule has 0 bridgehead atoms. The topological polar surface area (TPSA) is 39.1 Å². The second-order valence-electron chi connectivity index (χ2n) is 6.47. The minimum absolute atomic E-state index is 0.322. The number of nitriles is 1. The number of nitrogens with one attached hydrogen (secondary N) is 1. The van der Waals surface area contributed by atoms with E-state index in [-0.39, 0.29) is 0 Å². The molecule has 0 saturated heterocycles. The van der Waals surface area contributed by atoms with E-state index in [2.05, 4.69) is 61.3 Å². The Morgan fingerprint density at radius 1 is 1.25 bits per heavy atom. The van der Waals surface area contributed by atoms with Crippen molar-refractivity contribution in [1.82, 2.24) is 10.2 Å². The molecule has 2 rings (SSSR count). The van der Waals surface area contributed by atoms with Gasteiger partial charge < -0.3 is 0 Å². The van der Waals surface area contributed by atoms with E-state index in [4.69, 9.17) is 0 Å². The highest BCUT2D eigenvalue weighted by Crippen LogP contribution is 2.27. The molecular weight excluding hydrogens is 246 g/mol. The van der Waals surface area contributed by atoms with E-state index in [0.29, 0.717) is 12.1 Å². The second kappa shape index (κ2) is 5.95. The minimum atomic E-state index is -0.456. The van der Waals surface area contributed by atoms with Gasteiger partial charge in [0.25, 0.3) is 0 Å². The lowest BCUT2D eigenvalue weighted by Crippen LogP contribution is -2.49. The van der Waals surface area contributed by atoms with Gasteiger partial charge in [-0.1, -0.05) is 24.3 Å². The summed E-state index contributed by atoms with van der Waals surface area (Å²) in [5.41, 5.74) is 2.40. The number of hydrogen-bond donors (Lipinski definition) is 1. The Kier molecular flexibility index (Phi) is 4.47. The molecule has 0 aliphatic carbocycles. The zero-order chi connectivity index (χ0) is 14.8. The third-order valence-corrected chi connectivity index (χ3v) is 4.05. The van der Waals surface area contributed by atoms with Crippen LogP contribution in [0.2, 0.25) is 0 Å². The largest absolute Gasteiger partial charge is 0.297 e. The quantitative estimate of drug-likeness (QED) is 0.894. The summed E-state index contributed by atoms with van der Waals surface area (Å²) in [5.74, 6) is 0. The molecule has 1 heterocycles. The van der Waals surface area contributed by atoms with Crippen LogP contribution in [-0.4, -0.2) is 22.5 Å². The minimum Gasteiger partial charge on any atom is -0.297 e. The van der Waals surface area contributed by atoms with Crippen LogP contribution in [0.1, 0.15) is 45.2 Å². The molecule has 0 spiro atoms. The average molecular weight is 271 g/mol. The monoisotopic (exact) mass is 271 g/mol. The maximum atomic E-state index is 9.47. The van der Waals surface area contributed by atoms with Crippen LogP contribution in [0, 0.1) is 11.3 Å². The normalized spacial score (nSPS) is 19.4. The number of rotatable bonds is 5. The van der Waals surface area contributed by atoms with Gasteiger partial charge in [-0.2, -0.15) is 5.26 Å². The molecule has 1 aromatic carbocycles. The molecule has 20 heavy (non-hydrogen) atoms. The molecule has 1 aliphatic heterocycles. The van der Waals surface area contributed by atoms with Gasteiger partial charge in [-0.25, -0.2) is 0 Å². The summed E-state index contributed by atoms with van der Waals surface area (Å²) in [6.07, 6.45) is 0.843. The molecule has 0 saturated carbocycles. The Morgan fingerprint density at radius 2 is 1.80 bits per heavy atom. The number of hydrogen-bond acceptors (Lipinski definition) is 3. The molecule has 0 aromatic heterocycles. The van der Waals surface area contributed by atoms with Gasteiger partial charge in [0, 0.05) is 25.2 Å². The van der Waals surface area contributed by atoms with Crippen LogP contribution in [0.25, 0.3) is 0 Å². The van der Waals surface area contributed by atoms with Gasteiger partial charge in [-0.15, -0.1) is 0 Å². The lowest BCUT2D eigenvalue weighted by Gasteiger charge is -2.32. The van der Waals surface area contributed by atoms with Crippen LogP contribution in [0.15, 0.2) is 24.3 Å². The summed E-state index contributed by atoms with van der Waals surface area (Å²) in [4.78, 5) is 2.46. The van der Waals surface area contributed by atoms with Crippen LogP contribution >= 0.6 is 0 Å². The lowest BCUT2D eigenvalue weighted by atomic mass is 9.93. The van der Waals surface area contributed by atoms with Crippen molar-refractivity contribution in [1.29, 1.82) is 5.26 Å². The van der Waals surface area contributed by atoms with Crippen molar-refractivity contribution >= 4 is 0 Å². The molecule has 3 heteroatoms. The van der Waals surface area contributed by atoms with Crippen LogP contribution in [-0.2, 0) is 13.1 Å². The first-order valence-corrected chi connectivity index (χ1v) is 7.43. The SMILES string of the molecule is CC(C)NC(C)(C#N)CC(C)N1Cc2ccccc2C1. The molecule has 1 aliphatic rings. The third-order valence-electron chi connectivity index (χ3n) is 4.05. The first kappa shape index (κ1) is 15.0. The maximum Gasteiger partial charge on any atom is 0.105 e. The van der Waals surface area contributed by atoms with E-state index in [1.54, 1.807) is 0 Å². The smallest absolute Gasteiger partial charge is 0.105 e. The van der Waals surface area contributed by atoms with Crippen LogP contribution in [0.4, 0.5) is 0 Å². The molecule has 1 aromatic rings. The third kappa shape index (κ3) is 3.39. The van der Waals surface area contributed by atoms with Crippen molar-refractivity contribution in [2.24, 2.45) is 0 Å².